The topological polar surface area (TPSA) is 85.0 Å². The van der Waals surface area contributed by atoms with Crippen molar-refractivity contribution in [3.05, 3.63) is 65.0 Å². The molecule has 0 saturated heterocycles. The number of rotatable bonds is 6. The van der Waals surface area contributed by atoms with Crippen molar-refractivity contribution in [1.29, 1.82) is 0 Å². The summed E-state index contributed by atoms with van der Waals surface area (Å²) in [6.07, 6.45) is 7.26. The fourth-order valence-corrected chi connectivity index (χ4v) is 2.42. The average molecular weight is 365 g/mol. The van der Waals surface area contributed by atoms with Gasteiger partial charge in [-0.3, -0.25) is 0 Å². The minimum absolute atomic E-state index is 0.0904. The zero-order valence-corrected chi connectivity index (χ0v) is 14.9. The molecule has 0 fully saturated rings. The van der Waals surface area contributed by atoms with Crippen molar-refractivity contribution < 1.29 is 24.2 Å². The molecule has 2 aromatic carbocycles. The standard InChI is InChI=1S/C21H19NO5/c1-25-20-11-14(5-9-18(20)23)3-7-16-13-17(27-22-16)8-4-15-6-10-19(24)21(12-15)26-2/h3-13,23-24H,1-2H3. The third-order valence-corrected chi connectivity index (χ3v) is 3.84. The van der Waals surface area contributed by atoms with E-state index < -0.39 is 0 Å². The second-order valence-electron chi connectivity index (χ2n) is 5.68. The van der Waals surface area contributed by atoms with Gasteiger partial charge in [-0.2, -0.15) is 0 Å². The molecule has 0 unspecified atom stereocenters. The van der Waals surface area contributed by atoms with Crippen LogP contribution in [0.3, 0.4) is 0 Å². The molecule has 27 heavy (non-hydrogen) atoms. The van der Waals surface area contributed by atoms with Crippen LogP contribution in [-0.4, -0.2) is 29.6 Å². The van der Waals surface area contributed by atoms with Crippen LogP contribution in [0.2, 0.25) is 0 Å². The molecule has 3 rings (SSSR count). The minimum Gasteiger partial charge on any atom is -0.504 e. The summed E-state index contributed by atoms with van der Waals surface area (Å²) in [6, 6.07) is 11.9. The number of methoxy groups -OCH3 is 2. The van der Waals surface area contributed by atoms with Crippen molar-refractivity contribution in [2.24, 2.45) is 0 Å². The number of hydrogen-bond acceptors (Lipinski definition) is 6. The number of ether oxygens (including phenoxy) is 2. The highest BCUT2D eigenvalue weighted by molar-refractivity contribution is 5.72. The predicted octanol–water partition coefficient (Wildman–Crippen LogP) is 4.44. The Morgan fingerprint density at radius 2 is 1.33 bits per heavy atom. The van der Waals surface area contributed by atoms with Gasteiger partial charge in [0.1, 0.15) is 5.69 Å². The van der Waals surface area contributed by atoms with Crippen LogP contribution in [0.5, 0.6) is 23.0 Å². The summed E-state index contributed by atoms with van der Waals surface area (Å²) in [6.45, 7) is 0. The Morgan fingerprint density at radius 1 is 0.778 bits per heavy atom. The van der Waals surface area contributed by atoms with Gasteiger partial charge in [0.15, 0.2) is 28.8 Å². The number of nitrogens with zero attached hydrogens (tertiary/aromatic N) is 1. The molecule has 0 amide bonds. The molecule has 2 N–H and O–H groups in total. The van der Waals surface area contributed by atoms with E-state index >= 15 is 0 Å². The van der Waals surface area contributed by atoms with Crippen LogP contribution >= 0.6 is 0 Å². The first kappa shape index (κ1) is 18.1. The lowest BCUT2D eigenvalue weighted by atomic mass is 10.1. The normalized spacial score (nSPS) is 11.3. The summed E-state index contributed by atoms with van der Waals surface area (Å²) in [7, 11) is 3.00. The minimum atomic E-state index is 0.0904. The van der Waals surface area contributed by atoms with Crippen LogP contribution in [0.1, 0.15) is 22.6 Å². The van der Waals surface area contributed by atoms with Gasteiger partial charge in [0.05, 0.1) is 14.2 Å². The van der Waals surface area contributed by atoms with Gasteiger partial charge >= 0.3 is 0 Å². The molecule has 6 nitrogen and oxygen atoms in total. The Hall–Kier alpha value is -3.67. The smallest absolute Gasteiger partial charge is 0.161 e. The van der Waals surface area contributed by atoms with Crippen molar-refractivity contribution in [1.82, 2.24) is 5.16 Å². The van der Waals surface area contributed by atoms with Crippen LogP contribution in [0, 0.1) is 0 Å². The zero-order chi connectivity index (χ0) is 19.2. The number of phenolic OH excluding ortho intramolecular Hbond substituents is 2. The number of aromatic hydroxyl groups is 2. The highest BCUT2D eigenvalue weighted by atomic mass is 16.5. The van der Waals surface area contributed by atoms with Gasteiger partial charge in [-0.1, -0.05) is 29.4 Å². The Bertz CT molecular complexity index is 910. The monoisotopic (exact) mass is 365 g/mol. The van der Waals surface area contributed by atoms with Gasteiger partial charge in [-0.15, -0.1) is 0 Å². The fraction of sp³-hybridized carbons (Fsp3) is 0.0952. The highest BCUT2D eigenvalue weighted by Crippen LogP contribution is 2.28. The number of hydrogen-bond donors (Lipinski definition) is 2. The summed E-state index contributed by atoms with van der Waals surface area (Å²) in [4.78, 5) is 0. The largest absolute Gasteiger partial charge is 0.504 e. The first-order valence-corrected chi connectivity index (χ1v) is 8.16. The second kappa shape index (κ2) is 8.14. The molecular weight excluding hydrogens is 346 g/mol. The third-order valence-electron chi connectivity index (χ3n) is 3.84. The first-order valence-electron chi connectivity index (χ1n) is 8.16. The van der Waals surface area contributed by atoms with Crippen LogP contribution in [0.4, 0.5) is 0 Å². The zero-order valence-electron chi connectivity index (χ0n) is 14.9. The van der Waals surface area contributed by atoms with Gasteiger partial charge in [0, 0.05) is 6.07 Å². The summed E-state index contributed by atoms with van der Waals surface area (Å²) in [5, 5.41) is 23.2. The van der Waals surface area contributed by atoms with E-state index in [4.69, 9.17) is 14.0 Å². The molecule has 0 atom stereocenters. The molecule has 0 spiro atoms. The molecule has 0 aliphatic rings. The third kappa shape index (κ3) is 4.49. The van der Waals surface area contributed by atoms with Crippen LogP contribution in [0.25, 0.3) is 24.3 Å². The highest BCUT2D eigenvalue weighted by Gasteiger charge is 2.03. The van der Waals surface area contributed by atoms with E-state index in [2.05, 4.69) is 5.16 Å². The average Bonchev–Trinajstić information content (AvgIpc) is 3.14. The lowest BCUT2D eigenvalue weighted by Gasteiger charge is -2.03. The predicted molar refractivity (Wildman–Crippen MR) is 104 cm³/mol. The number of phenols is 2. The molecule has 0 aliphatic carbocycles. The van der Waals surface area contributed by atoms with Gasteiger partial charge in [-0.25, -0.2) is 0 Å². The van der Waals surface area contributed by atoms with Crippen molar-refractivity contribution in [3.8, 4) is 23.0 Å². The molecule has 0 bridgehead atoms. The molecule has 138 valence electrons. The van der Waals surface area contributed by atoms with Gasteiger partial charge in [0.2, 0.25) is 0 Å². The summed E-state index contributed by atoms with van der Waals surface area (Å²) in [5.41, 5.74) is 2.38. The Labute approximate surface area is 156 Å². The molecule has 0 aliphatic heterocycles. The summed E-state index contributed by atoms with van der Waals surface area (Å²) < 4.78 is 15.5. The molecular formula is C21H19NO5. The van der Waals surface area contributed by atoms with Crippen molar-refractivity contribution in [2.75, 3.05) is 14.2 Å². The second-order valence-corrected chi connectivity index (χ2v) is 5.68. The SMILES string of the molecule is COc1cc(C=Cc2cc(C=Cc3ccc(O)c(OC)c3)on2)ccc1O. The Balaban J connectivity index is 1.71. The lowest BCUT2D eigenvalue weighted by Crippen LogP contribution is -1.84. The van der Waals surface area contributed by atoms with E-state index in [1.54, 1.807) is 54.6 Å². The molecule has 0 radical (unpaired) electrons. The van der Waals surface area contributed by atoms with Crippen molar-refractivity contribution >= 4 is 24.3 Å². The molecule has 1 aromatic heterocycles. The van der Waals surface area contributed by atoms with E-state index in [1.807, 2.05) is 12.2 Å². The maximum atomic E-state index is 9.62. The van der Waals surface area contributed by atoms with Crippen molar-refractivity contribution in [3.63, 3.8) is 0 Å². The van der Waals surface area contributed by atoms with E-state index in [0.29, 0.717) is 23.0 Å². The number of aromatic nitrogens is 1. The lowest BCUT2D eigenvalue weighted by molar-refractivity contribution is 0.373. The van der Waals surface area contributed by atoms with E-state index in [1.165, 1.54) is 14.2 Å². The number of benzene rings is 2. The van der Waals surface area contributed by atoms with Gasteiger partial charge in [-0.05, 0) is 47.5 Å². The maximum absolute atomic E-state index is 9.62. The van der Waals surface area contributed by atoms with E-state index in [0.717, 1.165) is 11.1 Å². The van der Waals surface area contributed by atoms with E-state index in [-0.39, 0.29) is 11.5 Å². The quantitative estimate of drug-likeness (QED) is 0.672. The molecule has 1 heterocycles. The van der Waals surface area contributed by atoms with Crippen molar-refractivity contribution in [2.45, 2.75) is 0 Å². The van der Waals surface area contributed by atoms with Crippen LogP contribution in [0.15, 0.2) is 47.0 Å². The molecule has 3 aromatic rings. The molecule has 0 saturated carbocycles. The summed E-state index contributed by atoms with van der Waals surface area (Å²) in [5.74, 6) is 1.58. The summed E-state index contributed by atoms with van der Waals surface area (Å²) >= 11 is 0. The Morgan fingerprint density at radius 3 is 1.89 bits per heavy atom. The maximum Gasteiger partial charge on any atom is 0.161 e. The Kier molecular flexibility index (Phi) is 5.47. The van der Waals surface area contributed by atoms with Crippen LogP contribution in [-0.2, 0) is 0 Å². The van der Waals surface area contributed by atoms with Gasteiger partial charge in [0.25, 0.3) is 0 Å². The first-order chi connectivity index (χ1) is 13.1. The molecule has 6 heteroatoms. The van der Waals surface area contributed by atoms with Crippen LogP contribution < -0.4 is 9.47 Å². The van der Waals surface area contributed by atoms with Gasteiger partial charge < -0.3 is 24.2 Å². The fourth-order valence-electron chi connectivity index (χ4n) is 2.42. The van der Waals surface area contributed by atoms with E-state index in [9.17, 15) is 10.2 Å².